The minimum Gasteiger partial charge on any atom is -0.361 e. The summed E-state index contributed by atoms with van der Waals surface area (Å²) in [7, 11) is 9.92. The Morgan fingerprint density at radius 1 is 0.729 bits per heavy atom. The van der Waals surface area contributed by atoms with Gasteiger partial charge in [0.05, 0.1) is 12.6 Å². The Balaban J connectivity index is 0.000000191. The first-order chi connectivity index (χ1) is 27.2. The first kappa shape index (κ1) is 44.7. The fraction of sp³-hybridized carbons (Fsp3) is 0.213. The van der Waals surface area contributed by atoms with Crippen LogP contribution in [-0.4, -0.2) is 46.2 Å². The Bertz CT molecular complexity index is 2680. The van der Waals surface area contributed by atoms with Gasteiger partial charge in [-0.05, 0) is 42.3 Å². The van der Waals surface area contributed by atoms with Gasteiger partial charge < -0.3 is 14.5 Å². The van der Waals surface area contributed by atoms with Gasteiger partial charge in [-0.25, -0.2) is 9.13 Å². The van der Waals surface area contributed by atoms with Gasteiger partial charge in [0.15, 0.2) is 31.1 Å². The van der Waals surface area contributed by atoms with Gasteiger partial charge in [-0.15, -0.1) is 20.5 Å². The monoisotopic (exact) mass is 791 g/mol. The molecule has 0 aliphatic carbocycles. The normalized spacial score (nSPS) is 14.6. The number of rotatable bonds is 6. The quantitative estimate of drug-likeness (QED) is 0.113. The van der Waals surface area contributed by atoms with Crippen LogP contribution in [0.15, 0.2) is 160 Å². The summed E-state index contributed by atoms with van der Waals surface area (Å²) >= 11 is 0. The second kappa shape index (κ2) is 20.4. The maximum absolute atomic E-state index is 4.40. The Kier molecular flexibility index (Phi) is 15.4. The number of fused-ring (bicyclic) bond motifs is 3. The van der Waals surface area contributed by atoms with E-state index in [0.29, 0.717) is 0 Å². The van der Waals surface area contributed by atoms with Crippen molar-refractivity contribution in [1.82, 2.24) is 19.4 Å². The molecule has 0 bridgehead atoms. The number of aromatic nitrogens is 5. The Labute approximate surface area is 348 Å². The zero-order valence-electron chi connectivity index (χ0n) is 32.5. The van der Waals surface area contributed by atoms with Crippen molar-refractivity contribution in [2.75, 3.05) is 14.1 Å². The van der Waals surface area contributed by atoms with Crippen molar-refractivity contribution >= 4 is 68.3 Å². The van der Waals surface area contributed by atoms with Crippen LogP contribution >= 0.6 is 0 Å². The van der Waals surface area contributed by atoms with Gasteiger partial charge in [0, 0.05) is 77.6 Å². The Morgan fingerprint density at radius 3 is 2.12 bits per heavy atom. The number of aromatic amines is 2. The first-order valence-corrected chi connectivity index (χ1v) is 18.4. The highest BCUT2D eigenvalue weighted by atomic mass is 15.6. The fourth-order valence-corrected chi connectivity index (χ4v) is 6.46. The van der Waals surface area contributed by atoms with Crippen molar-refractivity contribution in [2.24, 2.45) is 46.7 Å². The van der Waals surface area contributed by atoms with Gasteiger partial charge in [0.25, 0.3) is 0 Å². The van der Waals surface area contributed by atoms with E-state index in [2.05, 4.69) is 113 Å². The number of quaternary nitrogens is 1. The van der Waals surface area contributed by atoms with E-state index in [4.69, 9.17) is 0 Å². The topological polar surface area (TPSA) is 114 Å². The average Bonchev–Trinajstić information content (AvgIpc) is 3.96. The summed E-state index contributed by atoms with van der Waals surface area (Å²) in [5.41, 5.74) is 9.53. The molecule has 5 aromatic heterocycles. The number of benzene rings is 3. The molecule has 8 aromatic rings. The summed E-state index contributed by atoms with van der Waals surface area (Å²) in [5, 5.41) is 26.2. The van der Waals surface area contributed by atoms with Gasteiger partial charge in [-0.2, -0.15) is 5.01 Å². The standard InChI is InChI=1S/C16H14N2.C15H15N4.C13H16N6.3CH4/c1-18-10-8-13(9-11-18)6-7-14-12-17-16-5-3-2-4-15(14)16;1-11-15(13-7-3-4-8-14(13)16-11)18-17-12-6-5-9-19(2)10-12;1-17-8-11(10-6-4-5-7-12(10)17)15-16-13-18(2)9-14-19(13)3;;;/h2-12H,1H3;3-10,16H,1-2H3;4-9,13H,1-3H3;3*1H4/q;+1;;;;/p+2. The molecular weight excluding hydrogens is 733 g/mol. The molecule has 1 aliphatic rings. The highest BCUT2D eigenvalue weighted by molar-refractivity contribution is 5.93. The Hall–Kier alpha value is -7.05. The van der Waals surface area contributed by atoms with Crippen LogP contribution in [0, 0.1) is 6.92 Å². The SMILES string of the molecule is C.C.C.CN1C=N[NH+](C)C1N=Nc1cn(C)c2ccccc12.C[n+]1ccc(C=Cc2c[nH]c3ccccc23)cc1.Cc1[nH]c2ccccc2c1N=Nc1ccc[n+](C)c1. The maximum atomic E-state index is 4.40. The number of H-pyrrole nitrogens is 2. The van der Waals surface area contributed by atoms with Crippen LogP contribution in [-0.2, 0) is 21.1 Å². The molecule has 1 aliphatic heterocycles. The van der Waals surface area contributed by atoms with E-state index in [-0.39, 0.29) is 28.6 Å². The van der Waals surface area contributed by atoms with E-state index in [9.17, 15) is 0 Å². The van der Waals surface area contributed by atoms with Crippen molar-refractivity contribution in [1.29, 1.82) is 0 Å². The van der Waals surface area contributed by atoms with Crippen molar-refractivity contribution in [3.05, 3.63) is 151 Å². The maximum Gasteiger partial charge on any atom is 0.305 e. The lowest BCUT2D eigenvalue weighted by molar-refractivity contribution is -0.914. The highest BCUT2D eigenvalue weighted by Gasteiger charge is 2.27. The molecule has 3 N–H and O–H groups in total. The molecular formula is C47H59N12+3. The minimum atomic E-state index is -0.0843. The molecule has 304 valence electrons. The van der Waals surface area contributed by atoms with E-state index in [0.717, 1.165) is 49.6 Å². The molecule has 9 rings (SSSR count). The van der Waals surface area contributed by atoms with E-state index >= 15 is 0 Å². The molecule has 0 radical (unpaired) electrons. The molecule has 0 spiro atoms. The summed E-state index contributed by atoms with van der Waals surface area (Å²) < 4.78 is 6.05. The van der Waals surface area contributed by atoms with Crippen LogP contribution in [0.2, 0.25) is 0 Å². The van der Waals surface area contributed by atoms with Gasteiger partial charge in [-0.3, -0.25) is 4.90 Å². The number of pyridine rings is 2. The van der Waals surface area contributed by atoms with Crippen molar-refractivity contribution in [3.8, 4) is 0 Å². The summed E-state index contributed by atoms with van der Waals surface area (Å²) in [6.45, 7) is 2.01. The van der Waals surface area contributed by atoms with Crippen LogP contribution < -0.4 is 14.1 Å². The van der Waals surface area contributed by atoms with Crippen molar-refractivity contribution in [2.45, 2.75) is 35.5 Å². The first-order valence-electron chi connectivity index (χ1n) is 18.4. The molecule has 2 unspecified atom stereocenters. The summed E-state index contributed by atoms with van der Waals surface area (Å²) in [4.78, 5) is 8.54. The minimum absolute atomic E-state index is 0. The van der Waals surface area contributed by atoms with Crippen LogP contribution in [0.5, 0.6) is 0 Å². The van der Waals surface area contributed by atoms with Gasteiger partial charge in [0.2, 0.25) is 0 Å². The third-order valence-electron chi connectivity index (χ3n) is 9.48. The number of hydrogen-bond acceptors (Lipinski definition) is 6. The highest BCUT2D eigenvalue weighted by Crippen LogP contribution is 2.31. The fourth-order valence-electron chi connectivity index (χ4n) is 6.46. The van der Waals surface area contributed by atoms with E-state index in [1.54, 1.807) is 6.34 Å². The molecule has 12 heteroatoms. The molecule has 0 saturated heterocycles. The average molecular weight is 792 g/mol. The third kappa shape index (κ3) is 10.7. The molecule has 12 nitrogen and oxygen atoms in total. The molecule has 3 aromatic carbocycles. The van der Waals surface area contributed by atoms with Crippen LogP contribution in [0.1, 0.15) is 39.1 Å². The number of azo groups is 2. The predicted octanol–water partition coefficient (Wildman–Crippen LogP) is 9.74. The summed E-state index contributed by atoms with van der Waals surface area (Å²) in [5.74, 6) is 0. The molecule has 59 heavy (non-hydrogen) atoms. The third-order valence-corrected chi connectivity index (χ3v) is 9.48. The summed E-state index contributed by atoms with van der Waals surface area (Å²) in [6.07, 6.45) is 18.0. The molecule has 6 heterocycles. The lowest BCUT2D eigenvalue weighted by Gasteiger charge is -2.13. The van der Waals surface area contributed by atoms with Crippen LogP contribution in [0.3, 0.4) is 0 Å². The van der Waals surface area contributed by atoms with Gasteiger partial charge in [-0.1, -0.05) is 94.1 Å². The second-order valence-electron chi connectivity index (χ2n) is 13.8. The van der Waals surface area contributed by atoms with Crippen LogP contribution in [0.4, 0.5) is 17.1 Å². The molecule has 0 saturated carbocycles. The summed E-state index contributed by atoms with van der Waals surface area (Å²) in [6, 6.07) is 32.7. The van der Waals surface area contributed by atoms with Gasteiger partial charge in [0.1, 0.15) is 31.2 Å². The largest absolute Gasteiger partial charge is 0.361 e. The van der Waals surface area contributed by atoms with Crippen molar-refractivity contribution in [3.63, 3.8) is 0 Å². The van der Waals surface area contributed by atoms with E-state index in [1.165, 1.54) is 22.0 Å². The van der Waals surface area contributed by atoms with Crippen molar-refractivity contribution < 1.29 is 14.1 Å². The predicted molar refractivity (Wildman–Crippen MR) is 244 cm³/mol. The van der Waals surface area contributed by atoms with E-state index < -0.39 is 0 Å². The van der Waals surface area contributed by atoms with Crippen LogP contribution in [0.25, 0.3) is 44.9 Å². The number of nitrogens with zero attached hydrogens (tertiary/aromatic N) is 9. The zero-order chi connectivity index (χ0) is 39.0. The molecule has 2 atom stereocenters. The molecule has 0 amide bonds. The van der Waals surface area contributed by atoms with E-state index in [1.807, 2.05) is 130 Å². The lowest BCUT2D eigenvalue weighted by Crippen LogP contribution is -3.07. The second-order valence-corrected chi connectivity index (χ2v) is 13.8. The van der Waals surface area contributed by atoms with Gasteiger partial charge >= 0.3 is 6.29 Å². The number of hydrogen-bond donors (Lipinski definition) is 3. The zero-order valence-corrected chi connectivity index (χ0v) is 32.5. The smallest absolute Gasteiger partial charge is 0.305 e. The number of para-hydroxylation sites is 3. The Morgan fingerprint density at radius 2 is 1.41 bits per heavy atom. The molecule has 0 fully saturated rings. The lowest BCUT2D eigenvalue weighted by atomic mass is 10.1. The number of nitrogens with one attached hydrogen (secondary N) is 3. The number of aryl methyl sites for hydroxylation is 4.